The van der Waals surface area contributed by atoms with Crippen LogP contribution in [0.25, 0.3) is 0 Å². The maximum atomic E-state index is 12.6. The number of nitrogens with zero attached hydrogens (tertiary/aromatic N) is 1. The maximum Gasteiger partial charge on any atom is 0.243 e. The first kappa shape index (κ1) is 14.6. The van der Waals surface area contributed by atoms with Gasteiger partial charge in [-0.1, -0.05) is 0 Å². The molecule has 2 aliphatic rings. The van der Waals surface area contributed by atoms with E-state index in [2.05, 4.69) is 5.32 Å². The third kappa shape index (κ3) is 2.86. The minimum Gasteiger partial charge on any atom is -0.484 e. The van der Waals surface area contributed by atoms with Crippen molar-refractivity contribution in [1.82, 2.24) is 4.31 Å². The van der Waals surface area contributed by atoms with Gasteiger partial charge in [-0.25, -0.2) is 8.42 Å². The molecule has 2 heterocycles. The third-order valence-corrected chi connectivity index (χ3v) is 5.54. The van der Waals surface area contributed by atoms with Gasteiger partial charge in [0.2, 0.25) is 10.0 Å². The van der Waals surface area contributed by atoms with Crippen LogP contribution in [0.4, 0.5) is 5.69 Å². The number of fused-ring (bicyclic) bond motifs is 1. The number of nitrogens with one attached hydrogen (secondary N) is 1. The van der Waals surface area contributed by atoms with E-state index < -0.39 is 10.0 Å². The molecule has 1 aromatic carbocycles. The highest BCUT2D eigenvalue weighted by Crippen LogP contribution is 2.35. The molecule has 7 heteroatoms. The van der Waals surface area contributed by atoms with Gasteiger partial charge in [0.25, 0.3) is 0 Å². The fraction of sp³-hybridized carbons (Fsp3) is 0.571. The summed E-state index contributed by atoms with van der Waals surface area (Å²) < 4.78 is 37.7. The number of anilines is 1. The molecule has 2 aliphatic heterocycles. The number of hydrogen-bond donors (Lipinski definition) is 1. The summed E-state index contributed by atoms with van der Waals surface area (Å²) in [6, 6.07) is 4.97. The van der Waals surface area contributed by atoms with Gasteiger partial charge in [-0.2, -0.15) is 4.31 Å². The topological polar surface area (TPSA) is 67.9 Å². The van der Waals surface area contributed by atoms with Gasteiger partial charge in [0.05, 0.1) is 30.3 Å². The summed E-state index contributed by atoms with van der Waals surface area (Å²) in [5, 5.41) is 3.24. The molecule has 3 rings (SSSR count). The molecule has 21 heavy (non-hydrogen) atoms. The van der Waals surface area contributed by atoms with Crippen LogP contribution in [0.2, 0.25) is 0 Å². The zero-order valence-corrected chi connectivity index (χ0v) is 13.1. The van der Waals surface area contributed by atoms with Crippen LogP contribution in [0.3, 0.4) is 0 Å². The molecule has 1 fully saturated rings. The van der Waals surface area contributed by atoms with Crippen molar-refractivity contribution in [2.45, 2.75) is 24.3 Å². The van der Waals surface area contributed by atoms with Crippen molar-refractivity contribution >= 4 is 15.7 Å². The molecule has 0 radical (unpaired) electrons. The van der Waals surface area contributed by atoms with E-state index in [0.717, 1.165) is 5.69 Å². The van der Waals surface area contributed by atoms with Crippen LogP contribution in [0.5, 0.6) is 5.75 Å². The number of sulfonamides is 1. The van der Waals surface area contributed by atoms with Gasteiger partial charge in [-0.3, -0.25) is 0 Å². The summed E-state index contributed by atoms with van der Waals surface area (Å²) in [5.74, 6) is 0.687. The Morgan fingerprint density at radius 1 is 1.24 bits per heavy atom. The summed E-state index contributed by atoms with van der Waals surface area (Å²) in [5.41, 5.74) is 0.432. The summed E-state index contributed by atoms with van der Waals surface area (Å²) in [6.07, 6.45) is 0. The van der Waals surface area contributed by atoms with Gasteiger partial charge in [0, 0.05) is 13.1 Å². The molecule has 0 bridgehead atoms. The number of benzene rings is 1. The molecule has 0 amide bonds. The fourth-order valence-electron chi connectivity index (χ4n) is 2.47. The van der Waals surface area contributed by atoms with Crippen molar-refractivity contribution in [3.63, 3.8) is 0 Å². The van der Waals surface area contributed by atoms with Crippen molar-refractivity contribution in [3.8, 4) is 5.75 Å². The lowest BCUT2D eigenvalue weighted by Crippen LogP contribution is -2.41. The monoisotopic (exact) mass is 312 g/mol. The molecule has 1 N–H and O–H groups in total. The first-order valence-corrected chi connectivity index (χ1v) is 8.47. The number of morpholine rings is 1. The summed E-state index contributed by atoms with van der Waals surface area (Å²) in [4.78, 5) is 0.291. The molecule has 1 saturated heterocycles. The van der Waals surface area contributed by atoms with Gasteiger partial charge in [-0.05, 0) is 32.0 Å². The highest BCUT2D eigenvalue weighted by Gasteiger charge is 2.30. The molecular formula is C14H20N2O4S. The Labute approximate surface area is 125 Å². The van der Waals surface area contributed by atoms with Gasteiger partial charge in [0.15, 0.2) is 0 Å². The van der Waals surface area contributed by atoms with Crippen LogP contribution in [0, 0.1) is 0 Å². The quantitative estimate of drug-likeness (QED) is 0.891. The second-order valence-electron chi connectivity index (χ2n) is 5.89. The predicted octanol–water partition coefficient (Wildman–Crippen LogP) is 1.29. The average Bonchev–Trinajstić information content (AvgIpc) is 2.46. The van der Waals surface area contributed by atoms with Crippen molar-refractivity contribution in [3.05, 3.63) is 18.2 Å². The lowest BCUT2D eigenvalue weighted by atomic mass is 10.1. The Kier molecular flexibility index (Phi) is 3.59. The van der Waals surface area contributed by atoms with Crippen molar-refractivity contribution in [2.75, 3.05) is 38.2 Å². The van der Waals surface area contributed by atoms with Gasteiger partial charge < -0.3 is 14.8 Å². The molecule has 1 aromatic rings. The Bertz CT molecular complexity index is 636. The average molecular weight is 312 g/mol. The minimum absolute atomic E-state index is 0.291. The number of rotatable bonds is 2. The van der Waals surface area contributed by atoms with E-state index in [9.17, 15) is 8.42 Å². The van der Waals surface area contributed by atoms with E-state index in [1.165, 1.54) is 4.31 Å². The van der Waals surface area contributed by atoms with E-state index in [1.54, 1.807) is 18.2 Å². The van der Waals surface area contributed by atoms with Crippen molar-refractivity contribution < 1.29 is 17.9 Å². The number of ether oxygens (including phenoxy) is 2. The lowest BCUT2D eigenvalue weighted by Gasteiger charge is -2.34. The SMILES string of the molecule is CC1(C)CNc2cc(S(=O)(=O)N3CCOCC3)ccc2O1. The number of hydrogen-bond acceptors (Lipinski definition) is 5. The Hall–Kier alpha value is -1.31. The predicted molar refractivity (Wildman–Crippen MR) is 79.2 cm³/mol. The maximum absolute atomic E-state index is 12.6. The standard InChI is InChI=1S/C14H20N2O4S/c1-14(2)10-15-12-9-11(3-4-13(12)20-14)21(17,18)16-5-7-19-8-6-16/h3-4,9,15H,5-8,10H2,1-2H3. The normalized spacial score (nSPS) is 22.0. The molecule has 0 unspecified atom stereocenters. The molecule has 0 saturated carbocycles. The fourth-order valence-corrected chi connectivity index (χ4v) is 3.91. The molecule has 0 atom stereocenters. The van der Waals surface area contributed by atoms with Crippen molar-refractivity contribution in [2.24, 2.45) is 0 Å². The van der Waals surface area contributed by atoms with Gasteiger partial charge >= 0.3 is 0 Å². The third-order valence-electron chi connectivity index (χ3n) is 3.65. The van der Waals surface area contributed by atoms with Crippen LogP contribution in [-0.2, 0) is 14.8 Å². The molecule has 0 aromatic heterocycles. The van der Waals surface area contributed by atoms with Crippen LogP contribution in [0.15, 0.2) is 23.1 Å². The largest absolute Gasteiger partial charge is 0.484 e. The zero-order valence-electron chi connectivity index (χ0n) is 12.3. The summed E-state index contributed by atoms with van der Waals surface area (Å²) in [7, 11) is -3.47. The van der Waals surface area contributed by atoms with Crippen LogP contribution in [0.1, 0.15) is 13.8 Å². The van der Waals surface area contributed by atoms with Crippen LogP contribution < -0.4 is 10.1 Å². The molecular weight excluding hydrogens is 292 g/mol. The van der Waals surface area contributed by atoms with E-state index >= 15 is 0 Å². The Balaban J connectivity index is 1.90. The van der Waals surface area contributed by atoms with Gasteiger partial charge in [-0.15, -0.1) is 0 Å². The summed E-state index contributed by atoms with van der Waals surface area (Å²) in [6.45, 7) is 6.30. The lowest BCUT2D eigenvalue weighted by molar-refractivity contribution is 0.0730. The Morgan fingerprint density at radius 2 is 1.95 bits per heavy atom. The highest BCUT2D eigenvalue weighted by atomic mass is 32.2. The molecule has 0 spiro atoms. The summed E-state index contributed by atoms with van der Waals surface area (Å²) >= 11 is 0. The van der Waals surface area contributed by atoms with E-state index in [4.69, 9.17) is 9.47 Å². The zero-order chi connectivity index (χ0) is 15.1. The second kappa shape index (κ2) is 5.15. The Morgan fingerprint density at radius 3 is 2.67 bits per heavy atom. The van der Waals surface area contributed by atoms with Crippen LogP contribution in [-0.4, -0.2) is 51.2 Å². The minimum atomic E-state index is -3.47. The van der Waals surface area contributed by atoms with E-state index in [1.807, 2.05) is 13.8 Å². The molecule has 0 aliphatic carbocycles. The highest BCUT2D eigenvalue weighted by molar-refractivity contribution is 7.89. The van der Waals surface area contributed by atoms with E-state index in [0.29, 0.717) is 43.5 Å². The molecule has 6 nitrogen and oxygen atoms in total. The first-order valence-electron chi connectivity index (χ1n) is 7.03. The van der Waals surface area contributed by atoms with Crippen molar-refractivity contribution in [1.29, 1.82) is 0 Å². The van der Waals surface area contributed by atoms with E-state index in [-0.39, 0.29) is 5.60 Å². The second-order valence-corrected chi connectivity index (χ2v) is 7.83. The smallest absolute Gasteiger partial charge is 0.243 e. The van der Waals surface area contributed by atoms with Gasteiger partial charge in [0.1, 0.15) is 11.4 Å². The first-order chi connectivity index (χ1) is 9.88. The molecule has 116 valence electrons. The van der Waals surface area contributed by atoms with Crippen LogP contribution >= 0.6 is 0 Å².